The first kappa shape index (κ1) is 31.9. The maximum absolute atomic E-state index is 16.1. The van der Waals surface area contributed by atoms with E-state index in [0.717, 1.165) is 0 Å². The summed E-state index contributed by atoms with van der Waals surface area (Å²) in [6.45, 7) is 4.52. The van der Waals surface area contributed by atoms with E-state index in [1.165, 1.54) is 40.1 Å². The number of nitrogens with one attached hydrogen (secondary N) is 1. The average Bonchev–Trinajstić information content (AvgIpc) is 3.00. The number of amidine groups is 1. The molecule has 14 heteroatoms. The molecule has 0 saturated carbocycles. The zero-order valence-electron chi connectivity index (χ0n) is 24.8. The van der Waals surface area contributed by atoms with E-state index < -0.39 is 46.8 Å². The fourth-order valence-corrected chi connectivity index (χ4v) is 4.58. The van der Waals surface area contributed by atoms with Gasteiger partial charge in [-0.3, -0.25) is 19.9 Å². The number of piperazine rings is 1. The Morgan fingerprint density at radius 2 is 1.70 bits per heavy atom. The van der Waals surface area contributed by atoms with Gasteiger partial charge in [-0.1, -0.05) is 6.07 Å². The molecule has 0 aliphatic carbocycles. The van der Waals surface area contributed by atoms with Gasteiger partial charge in [0.2, 0.25) is 11.6 Å². The summed E-state index contributed by atoms with van der Waals surface area (Å²) in [5.41, 5.74) is 5.51. The van der Waals surface area contributed by atoms with Gasteiger partial charge in [0, 0.05) is 51.4 Å². The quantitative estimate of drug-likeness (QED) is 0.175. The molecular weight excluding hydrogens is 578 g/mol. The van der Waals surface area contributed by atoms with E-state index in [4.69, 9.17) is 25.4 Å². The van der Waals surface area contributed by atoms with Gasteiger partial charge in [0.15, 0.2) is 11.5 Å². The van der Waals surface area contributed by atoms with E-state index in [9.17, 15) is 14.7 Å². The van der Waals surface area contributed by atoms with Crippen molar-refractivity contribution in [2.75, 3.05) is 51.8 Å². The van der Waals surface area contributed by atoms with Gasteiger partial charge in [0.1, 0.15) is 23.3 Å². The fourth-order valence-electron chi connectivity index (χ4n) is 4.58. The van der Waals surface area contributed by atoms with Crippen LogP contribution < -0.4 is 20.1 Å². The van der Waals surface area contributed by atoms with Crippen LogP contribution in [0.1, 0.15) is 29.8 Å². The third-order valence-corrected chi connectivity index (χ3v) is 6.98. The first-order chi connectivity index (χ1) is 20.9. The van der Waals surface area contributed by atoms with Gasteiger partial charge < -0.3 is 34.9 Å². The summed E-state index contributed by atoms with van der Waals surface area (Å²) >= 11 is 0. The first-order valence-corrected chi connectivity index (χ1v) is 13.8. The Hall–Kier alpha value is -4.98. The number of esters is 1. The highest BCUT2D eigenvalue weighted by atomic mass is 19.1. The molecular formula is C30H34F2N6O6. The Morgan fingerprint density at radius 3 is 2.32 bits per heavy atom. The molecule has 0 bridgehead atoms. The number of halogens is 2. The minimum Gasteiger partial charge on any atom is -0.504 e. The van der Waals surface area contributed by atoms with Crippen molar-refractivity contribution in [2.45, 2.75) is 19.9 Å². The van der Waals surface area contributed by atoms with Crippen LogP contribution in [0.4, 0.5) is 14.5 Å². The van der Waals surface area contributed by atoms with E-state index in [2.05, 4.69) is 4.98 Å². The maximum atomic E-state index is 16.1. The Balaban J connectivity index is 1.73. The molecule has 234 valence electrons. The zero-order chi connectivity index (χ0) is 32.1. The number of aromatic hydroxyl groups is 1. The second kappa shape index (κ2) is 13.5. The van der Waals surface area contributed by atoms with Gasteiger partial charge in [0.05, 0.1) is 6.61 Å². The lowest BCUT2D eigenvalue weighted by Crippen LogP contribution is -2.52. The van der Waals surface area contributed by atoms with E-state index in [-0.39, 0.29) is 54.1 Å². The summed E-state index contributed by atoms with van der Waals surface area (Å²) in [5, 5.41) is 18.0. The highest BCUT2D eigenvalue weighted by Crippen LogP contribution is 2.40. The molecule has 1 fully saturated rings. The van der Waals surface area contributed by atoms with Gasteiger partial charge in [-0.05, 0) is 50.2 Å². The number of nitrogens with two attached hydrogens (primary N) is 1. The first-order valence-electron chi connectivity index (χ1n) is 13.8. The van der Waals surface area contributed by atoms with Crippen LogP contribution in [0.25, 0.3) is 0 Å². The van der Waals surface area contributed by atoms with Crippen LogP contribution in [0, 0.1) is 17.0 Å². The van der Waals surface area contributed by atoms with Gasteiger partial charge in [-0.2, -0.15) is 13.8 Å². The van der Waals surface area contributed by atoms with Crippen LogP contribution in [0.2, 0.25) is 0 Å². The third-order valence-electron chi connectivity index (χ3n) is 6.98. The molecule has 44 heavy (non-hydrogen) atoms. The number of carbonyl (C=O) groups is 2. The molecule has 1 saturated heterocycles. The van der Waals surface area contributed by atoms with Gasteiger partial charge in [0.25, 0.3) is 17.7 Å². The normalized spacial score (nSPS) is 14.1. The van der Waals surface area contributed by atoms with Crippen LogP contribution in [0.5, 0.6) is 29.0 Å². The van der Waals surface area contributed by atoms with Crippen LogP contribution >= 0.6 is 0 Å². The minimum atomic E-state index is -1.16. The second-order valence-electron chi connectivity index (χ2n) is 10.2. The number of nitrogen functional groups attached to an aromatic ring is 1. The Bertz CT molecular complexity index is 1560. The number of nitrogens with zero attached hydrogens (tertiary/aromatic N) is 4. The SMILES string of the molecule is CCOC(=O)C(C)N1CCN(c2c(F)c(Oc3cccc(C(=O)N(C)C)c3)nc(Oc3cc(C(=N)N)ccc3O)c2F)CC1. The number of amides is 1. The summed E-state index contributed by atoms with van der Waals surface area (Å²) in [4.78, 5) is 33.3. The lowest BCUT2D eigenvalue weighted by Gasteiger charge is -2.38. The van der Waals surface area contributed by atoms with Crippen molar-refractivity contribution in [1.29, 1.82) is 5.41 Å². The largest absolute Gasteiger partial charge is 0.504 e. The molecule has 1 unspecified atom stereocenters. The topological polar surface area (TPSA) is 155 Å². The van der Waals surface area contributed by atoms with Crippen molar-refractivity contribution in [3.05, 3.63) is 65.2 Å². The van der Waals surface area contributed by atoms with Crippen LogP contribution in [-0.4, -0.2) is 90.5 Å². The van der Waals surface area contributed by atoms with E-state index in [1.54, 1.807) is 40.1 Å². The monoisotopic (exact) mass is 612 g/mol. The molecule has 1 aromatic heterocycles. The van der Waals surface area contributed by atoms with Gasteiger partial charge in [-0.15, -0.1) is 0 Å². The summed E-state index contributed by atoms with van der Waals surface area (Å²) in [6, 6.07) is 9.23. The van der Waals surface area contributed by atoms with Crippen molar-refractivity contribution in [3.8, 4) is 29.0 Å². The van der Waals surface area contributed by atoms with Crippen molar-refractivity contribution in [1.82, 2.24) is 14.8 Å². The molecule has 0 spiro atoms. The predicted octanol–water partition coefficient (Wildman–Crippen LogP) is 3.71. The highest BCUT2D eigenvalue weighted by Gasteiger charge is 2.32. The van der Waals surface area contributed by atoms with Crippen LogP contribution in [0.3, 0.4) is 0 Å². The minimum absolute atomic E-state index is 0.0575. The fraction of sp³-hybridized carbons (Fsp3) is 0.333. The summed E-state index contributed by atoms with van der Waals surface area (Å²) in [6.07, 6.45) is 0. The summed E-state index contributed by atoms with van der Waals surface area (Å²) in [7, 11) is 3.16. The zero-order valence-corrected chi connectivity index (χ0v) is 24.8. The predicted molar refractivity (Wildman–Crippen MR) is 158 cm³/mol. The lowest BCUT2D eigenvalue weighted by atomic mass is 10.2. The Morgan fingerprint density at radius 1 is 1.05 bits per heavy atom. The number of anilines is 1. The number of hydrogen-bond donors (Lipinski definition) is 3. The standard InChI is InChI=1S/C30H34F2N6O6/c1-5-42-30(41)17(2)37-11-13-38(14-12-37)25-23(31)27(43-20-8-6-7-19(15-20)29(40)36(3)4)35-28(24(25)32)44-22-16-18(26(33)34)9-10-21(22)39/h6-10,15-17,39H,5,11-14H2,1-4H3,(H3,33,34). The molecule has 4 rings (SSSR count). The number of pyridine rings is 1. The van der Waals surface area contributed by atoms with Crippen LogP contribution in [-0.2, 0) is 9.53 Å². The smallest absolute Gasteiger partial charge is 0.323 e. The molecule has 1 aliphatic heterocycles. The number of ether oxygens (including phenoxy) is 3. The number of hydrogen-bond acceptors (Lipinski definition) is 10. The molecule has 12 nitrogen and oxygen atoms in total. The van der Waals surface area contributed by atoms with E-state index in [0.29, 0.717) is 13.1 Å². The van der Waals surface area contributed by atoms with Crippen molar-refractivity contribution in [2.24, 2.45) is 5.73 Å². The maximum Gasteiger partial charge on any atom is 0.323 e. The molecule has 0 radical (unpaired) electrons. The molecule has 4 N–H and O–H groups in total. The number of phenolic OH excluding ortho intramolecular Hbond substituents is 1. The summed E-state index contributed by atoms with van der Waals surface area (Å²) in [5.74, 6) is -5.29. The molecule has 2 heterocycles. The third kappa shape index (κ3) is 6.97. The number of aromatic nitrogens is 1. The molecule has 2 aromatic carbocycles. The number of benzene rings is 2. The van der Waals surface area contributed by atoms with Crippen LogP contribution in [0.15, 0.2) is 42.5 Å². The lowest BCUT2D eigenvalue weighted by molar-refractivity contribution is -0.149. The van der Waals surface area contributed by atoms with E-state index >= 15 is 8.78 Å². The Labute approximate surface area is 253 Å². The highest BCUT2D eigenvalue weighted by molar-refractivity contribution is 5.95. The molecule has 1 atom stereocenters. The number of carbonyl (C=O) groups excluding carboxylic acids is 2. The number of rotatable bonds is 10. The van der Waals surface area contributed by atoms with Crippen molar-refractivity contribution >= 4 is 23.4 Å². The Kier molecular flexibility index (Phi) is 9.83. The van der Waals surface area contributed by atoms with E-state index in [1.807, 2.05) is 4.90 Å². The molecule has 1 amide bonds. The van der Waals surface area contributed by atoms with Crippen molar-refractivity contribution in [3.63, 3.8) is 0 Å². The molecule has 1 aliphatic rings. The second-order valence-corrected chi connectivity index (χ2v) is 10.2. The molecule has 3 aromatic rings. The van der Waals surface area contributed by atoms with Gasteiger partial charge >= 0.3 is 5.97 Å². The van der Waals surface area contributed by atoms with Gasteiger partial charge in [-0.25, -0.2) is 0 Å². The van der Waals surface area contributed by atoms with Crippen molar-refractivity contribution < 1.29 is 37.7 Å². The number of phenols is 1. The summed E-state index contributed by atoms with van der Waals surface area (Å²) < 4.78 is 48.6. The average molecular weight is 613 g/mol.